The molecule has 5 nitrogen and oxygen atoms in total. The second-order valence-electron chi connectivity index (χ2n) is 3.83. The van der Waals surface area contributed by atoms with Crippen LogP contribution in [0, 0.1) is 5.92 Å². The van der Waals surface area contributed by atoms with E-state index in [9.17, 15) is 9.59 Å². The summed E-state index contributed by atoms with van der Waals surface area (Å²) in [6.07, 6.45) is 0.766. The van der Waals surface area contributed by atoms with Gasteiger partial charge in [0.1, 0.15) is 0 Å². The van der Waals surface area contributed by atoms with Crippen LogP contribution in [-0.2, 0) is 14.3 Å². The second kappa shape index (κ2) is 5.11. The van der Waals surface area contributed by atoms with Gasteiger partial charge in [0.2, 0.25) is 5.91 Å². The molecule has 0 aliphatic carbocycles. The first kappa shape index (κ1) is 12.0. The van der Waals surface area contributed by atoms with Crippen LogP contribution in [0.2, 0.25) is 0 Å². The quantitative estimate of drug-likeness (QED) is 0.658. The van der Waals surface area contributed by atoms with Crippen LogP contribution < -0.4 is 0 Å². The van der Waals surface area contributed by atoms with Crippen molar-refractivity contribution in [1.29, 1.82) is 0 Å². The maximum atomic E-state index is 11.6. The summed E-state index contributed by atoms with van der Waals surface area (Å²) in [5, 5.41) is 8.77. The maximum Gasteiger partial charge on any atom is 0.310 e. The Morgan fingerprint density at radius 1 is 1.73 bits per heavy atom. The highest BCUT2D eigenvalue weighted by atomic mass is 16.5. The predicted octanol–water partition coefficient (Wildman–Crippen LogP) is -0.221. The largest absolute Gasteiger partial charge is 0.469 e. The van der Waals surface area contributed by atoms with E-state index in [0.29, 0.717) is 13.0 Å². The molecule has 0 aromatic heterocycles. The molecule has 1 N–H and O–H groups in total. The van der Waals surface area contributed by atoms with Crippen LogP contribution in [0.4, 0.5) is 0 Å². The fourth-order valence-corrected chi connectivity index (χ4v) is 1.82. The predicted molar refractivity (Wildman–Crippen MR) is 53.0 cm³/mol. The molecule has 1 amide bonds. The first-order valence-corrected chi connectivity index (χ1v) is 5.08. The number of esters is 1. The highest BCUT2D eigenvalue weighted by molar-refractivity contribution is 5.86. The number of rotatable bonds is 4. The van der Waals surface area contributed by atoms with E-state index in [-0.39, 0.29) is 36.9 Å². The van der Waals surface area contributed by atoms with Gasteiger partial charge in [0, 0.05) is 25.6 Å². The minimum atomic E-state index is -0.344. The van der Waals surface area contributed by atoms with E-state index in [1.54, 1.807) is 4.90 Å². The molecule has 1 fully saturated rings. The van der Waals surface area contributed by atoms with Crippen molar-refractivity contribution in [3.8, 4) is 0 Å². The Morgan fingerprint density at radius 3 is 2.93 bits per heavy atom. The lowest BCUT2D eigenvalue weighted by Gasteiger charge is -2.23. The van der Waals surface area contributed by atoms with Crippen molar-refractivity contribution in [1.82, 2.24) is 4.90 Å². The number of carbonyl (C=O) groups excluding carboxylic acids is 2. The van der Waals surface area contributed by atoms with Crippen LogP contribution >= 0.6 is 0 Å². The van der Waals surface area contributed by atoms with E-state index in [1.165, 1.54) is 7.11 Å². The van der Waals surface area contributed by atoms with E-state index in [1.807, 2.05) is 6.92 Å². The molecular weight excluding hydrogens is 198 g/mol. The summed E-state index contributed by atoms with van der Waals surface area (Å²) in [5.41, 5.74) is 0. The monoisotopic (exact) mass is 215 g/mol. The zero-order valence-corrected chi connectivity index (χ0v) is 9.10. The highest BCUT2D eigenvalue weighted by Crippen LogP contribution is 2.22. The Labute approximate surface area is 89.0 Å². The Balaban J connectivity index is 2.56. The summed E-state index contributed by atoms with van der Waals surface area (Å²) in [4.78, 5) is 24.4. The average Bonchev–Trinajstić information content (AvgIpc) is 2.59. The van der Waals surface area contributed by atoms with Crippen LogP contribution in [0.15, 0.2) is 0 Å². The number of hydrogen-bond donors (Lipinski definition) is 1. The van der Waals surface area contributed by atoms with Gasteiger partial charge in [0.15, 0.2) is 0 Å². The Bertz CT molecular complexity index is 254. The number of nitrogens with zero attached hydrogens (tertiary/aromatic N) is 1. The van der Waals surface area contributed by atoms with Crippen LogP contribution in [0.3, 0.4) is 0 Å². The molecule has 0 aromatic carbocycles. The van der Waals surface area contributed by atoms with Crippen molar-refractivity contribution in [3.63, 3.8) is 0 Å². The number of ether oxygens (including phenoxy) is 1. The maximum absolute atomic E-state index is 11.6. The molecule has 1 heterocycles. The molecule has 5 heteroatoms. The third-order valence-corrected chi connectivity index (χ3v) is 2.77. The molecule has 2 atom stereocenters. The van der Waals surface area contributed by atoms with Gasteiger partial charge < -0.3 is 14.7 Å². The van der Waals surface area contributed by atoms with Crippen molar-refractivity contribution in [2.45, 2.75) is 25.8 Å². The summed E-state index contributed by atoms with van der Waals surface area (Å²) >= 11 is 0. The van der Waals surface area contributed by atoms with Gasteiger partial charge >= 0.3 is 5.97 Å². The molecule has 0 saturated carbocycles. The molecule has 1 aliphatic rings. The molecule has 2 unspecified atom stereocenters. The van der Waals surface area contributed by atoms with Crippen molar-refractivity contribution >= 4 is 11.9 Å². The summed E-state index contributed by atoms with van der Waals surface area (Å²) in [5.74, 6) is -0.711. The number of aliphatic hydroxyl groups is 1. The van der Waals surface area contributed by atoms with Gasteiger partial charge in [-0.1, -0.05) is 0 Å². The van der Waals surface area contributed by atoms with E-state index in [4.69, 9.17) is 5.11 Å². The average molecular weight is 215 g/mol. The molecular formula is C10H17NO4. The van der Waals surface area contributed by atoms with Gasteiger partial charge in [0.25, 0.3) is 0 Å². The number of aliphatic hydroxyl groups excluding tert-OH is 1. The Morgan fingerprint density at radius 2 is 2.40 bits per heavy atom. The van der Waals surface area contributed by atoms with Crippen LogP contribution in [0.1, 0.15) is 19.8 Å². The highest BCUT2D eigenvalue weighted by Gasteiger charge is 2.36. The number of methoxy groups -OCH3 is 1. The number of likely N-dealkylation sites (tertiary alicyclic amines) is 1. The zero-order valence-electron chi connectivity index (χ0n) is 9.10. The van der Waals surface area contributed by atoms with E-state index < -0.39 is 0 Å². The summed E-state index contributed by atoms with van der Waals surface area (Å²) < 4.78 is 4.60. The first-order chi connectivity index (χ1) is 7.10. The summed E-state index contributed by atoms with van der Waals surface area (Å²) in [6, 6.07) is -0.0165. The summed E-state index contributed by atoms with van der Waals surface area (Å²) in [7, 11) is 1.33. The molecule has 0 aromatic rings. The van der Waals surface area contributed by atoms with Crippen LogP contribution in [-0.4, -0.2) is 48.2 Å². The third kappa shape index (κ3) is 2.68. The van der Waals surface area contributed by atoms with E-state index >= 15 is 0 Å². The number of carbonyl (C=O) groups is 2. The van der Waals surface area contributed by atoms with Gasteiger partial charge in [-0.15, -0.1) is 0 Å². The van der Waals surface area contributed by atoms with Crippen LogP contribution in [0.25, 0.3) is 0 Å². The lowest BCUT2D eigenvalue weighted by atomic mass is 10.1. The number of hydrogen-bond acceptors (Lipinski definition) is 4. The van der Waals surface area contributed by atoms with Gasteiger partial charge in [-0.05, 0) is 13.3 Å². The summed E-state index contributed by atoms with van der Waals surface area (Å²) in [6.45, 7) is 2.33. The van der Waals surface area contributed by atoms with Crippen LogP contribution in [0.5, 0.6) is 0 Å². The second-order valence-corrected chi connectivity index (χ2v) is 3.83. The lowest BCUT2D eigenvalue weighted by Crippen LogP contribution is -2.35. The van der Waals surface area contributed by atoms with E-state index in [2.05, 4.69) is 4.74 Å². The minimum Gasteiger partial charge on any atom is -0.469 e. The SMILES string of the molecule is COC(=O)C1CC(=O)N(C(C)CCO)C1. The van der Waals surface area contributed by atoms with Gasteiger partial charge in [0.05, 0.1) is 13.0 Å². The lowest BCUT2D eigenvalue weighted by molar-refractivity contribution is -0.145. The fraction of sp³-hybridized carbons (Fsp3) is 0.800. The standard InChI is InChI=1S/C10H17NO4/c1-7(3-4-12)11-6-8(5-9(11)13)10(14)15-2/h7-8,12H,3-6H2,1-2H3. The molecule has 0 spiro atoms. The minimum absolute atomic E-state index is 0.0165. The molecule has 86 valence electrons. The van der Waals surface area contributed by atoms with Crippen molar-refractivity contribution in [2.24, 2.45) is 5.92 Å². The van der Waals surface area contributed by atoms with Crippen molar-refractivity contribution < 1.29 is 19.4 Å². The van der Waals surface area contributed by atoms with Gasteiger partial charge in [-0.2, -0.15) is 0 Å². The first-order valence-electron chi connectivity index (χ1n) is 5.08. The van der Waals surface area contributed by atoms with Gasteiger partial charge in [-0.3, -0.25) is 9.59 Å². The zero-order chi connectivity index (χ0) is 11.4. The van der Waals surface area contributed by atoms with Crippen molar-refractivity contribution in [3.05, 3.63) is 0 Å². The molecule has 0 bridgehead atoms. The Kier molecular flexibility index (Phi) is 4.08. The topological polar surface area (TPSA) is 66.8 Å². The third-order valence-electron chi connectivity index (χ3n) is 2.77. The Hall–Kier alpha value is -1.10. The fourth-order valence-electron chi connectivity index (χ4n) is 1.82. The number of amides is 1. The molecule has 1 aliphatic heterocycles. The molecule has 15 heavy (non-hydrogen) atoms. The smallest absolute Gasteiger partial charge is 0.310 e. The normalized spacial score (nSPS) is 23.0. The molecule has 1 saturated heterocycles. The van der Waals surface area contributed by atoms with Crippen molar-refractivity contribution in [2.75, 3.05) is 20.3 Å². The molecule has 0 radical (unpaired) electrons. The van der Waals surface area contributed by atoms with E-state index in [0.717, 1.165) is 0 Å². The molecule has 1 rings (SSSR count). The van der Waals surface area contributed by atoms with Gasteiger partial charge in [-0.25, -0.2) is 0 Å².